The second-order valence-corrected chi connectivity index (χ2v) is 8.23. The zero-order valence-corrected chi connectivity index (χ0v) is 18.6. The van der Waals surface area contributed by atoms with Gasteiger partial charge < -0.3 is 9.15 Å². The van der Waals surface area contributed by atoms with Crippen LogP contribution in [0.4, 0.5) is 14.5 Å². The number of allylic oxidation sites excluding steroid dienone is 1. The molecule has 0 atom stereocenters. The predicted molar refractivity (Wildman–Crippen MR) is 123 cm³/mol. The zero-order chi connectivity index (χ0) is 24.4. The Bertz CT molecular complexity index is 1430. The first-order valence-electron chi connectivity index (χ1n) is 10.2. The number of nitro groups is 1. The van der Waals surface area contributed by atoms with Crippen LogP contribution in [0, 0.1) is 10.1 Å². The molecule has 0 fully saturated rings. The Kier molecular flexibility index (Phi) is 6.10. The Morgan fingerprint density at radius 2 is 1.86 bits per heavy atom. The molecule has 3 heterocycles. The lowest BCUT2D eigenvalue weighted by atomic mass is 10.1. The molecule has 1 aliphatic rings. The van der Waals surface area contributed by atoms with Gasteiger partial charge in [-0.05, 0) is 42.1 Å². The van der Waals surface area contributed by atoms with E-state index < -0.39 is 17.2 Å². The number of ether oxygens (including phenoxy) is 1. The van der Waals surface area contributed by atoms with E-state index >= 15 is 0 Å². The van der Waals surface area contributed by atoms with E-state index in [0.717, 1.165) is 22.0 Å². The second kappa shape index (κ2) is 9.50. The van der Waals surface area contributed by atoms with E-state index in [1.54, 1.807) is 18.2 Å². The summed E-state index contributed by atoms with van der Waals surface area (Å²) in [6.45, 7) is 0.111. The molecule has 2 aromatic carbocycles. The molecule has 0 spiro atoms. The molecule has 5 rings (SSSR count). The third kappa shape index (κ3) is 4.82. The molecular formula is C23H15F2N5O4S. The lowest BCUT2D eigenvalue weighted by Gasteiger charge is -2.16. The van der Waals surface area contributed by atoms with Crippen molar-refractivity contribution >= 4 is 29.2 Å². The molecule has 2 aromatic heterocycles. The Morgan fingerprint density at radius 3 is 2.57 bits per heavy atom. The molecule has 176 valence electrons. The summed E-state index contributed by atoms with van der Waals surface area (Å²) >= 11 is 1.16. The first kappa shape index (κ1) is 22.5. The molecule has 0 bridgehead atoms. The Hall–Kier alpha value is -4.32. The van der Waals surface area contributed by atoms with Gasteiger partial charge in [0.05, 0.1) is 4.92 Å². The molecule has 0 saturated carbocycles. The van der Waals surface area contributed by atoms with Gasteiger partial charge in [0.2, 0.25) is 11.0 Å². The van der Waals surface area contributed by atoms with Gasteiger partial charge in [-0.15, -0.1) is 10.2 Å². The summed E-state index contributed by atoms with van der Waals surface area (Å²) in [7, 11) is 0. The molecule has 0 saturated heterocycles. The number of furan rings is 1. The molecule has 35 heavy (non-hydrogen) atoms. The number of benzene rings is 2. The molecule has 0 radical (unpaired) electrons. The van der Waals surface area contributed by atoms with Gasteiger partial charge in [-0.3, -0.25) is 10.1 Å². The van der Waals surface area contributed by atoms with E-state index in [-0.39, 0.29) is 17.5 Å². The Morgan fingerprint density at radius 1 is 1.09 bits per heavy atom. The van der Waals surface area contributed by atoms with Gasteiger partial charge in [0.1, 0.15) is 29.6 Å². The van der Waals surface area contributed by atoms with Crippen molar-refractivity contribution in [3.63, 3.8) is 0 Å². The number of aromatic nitrogens is 3. The molecule has 0 N–H and O–H groups in total. The van der Waals surface area contributed by atoms with E-state index in [1.807, 2.05) is 30.3 Å². The summed E-state index contributed by atoms with van der Waals surface area (Å²) in [5.74, 6) is 0.962. The van der Waals surface area contributed by atoms with Gasteiger partial charge >= 0.3 is 0 Å². The number of alkyl halides is 2. The van der Waals surface area contributed by atoms with E-state index in [9.17, 15) is 18.9 Å². The van der Waals surface area contributed by atoms with Crippen LogP contribution >= 0.6 is 11.8 Å². The van der Waals surface area contributed by atoms with Crippen LogP contribution in [0.2, 0.25) is 0 Å². The Labute approximate surface area is 200 Å². The van der Waals surface area contributed by atoms with Crippen LogP contribution < -0.4 is 4.74 Å². The fourth-order valence-electron chi connectivity index (χ4n) is 3.26. The topological polar surface area (TPSA) is 109 Å². The second-order valence-electron chi connectivity index (χ2n) is 7.22. The number of nitrogens with zero attached hydrogens (tertiary/aromatic N) is 5. The summed E-state index contributed by atoms with van der Waals surface area (Å²) in [6, 6.07) is 18.4. The fraction of sp³-hybridized carbons (Fsp3) is 0.0870. The first-order valence-corrected chi connectivity index (χ1v) is 11.0. The number of thioether (sulfide) groups is 1. The van der Waals surface area contributed by atoms with Crippen molar-refractivity contribution in [2.75, 3.05) is 0 Å². The number of fused-ring (bicyclic) bond motifs is 1. The minimum atomic E-state index is -2.81. The maximum absolute atomic E-state index is 13.3. The molecule has 0 amide bonds. The van der Waals surface area contributed by atoms with Crippen LogP contribution in [-0.2, 0) is 6.61 Å². The molecule has 0 aliphatic carbocycles. The number of hydrogen-bond acceptors (Lipinski definition) is 8. The highest BCUT2D eigenvalue weighted by Gasteiger charge is 2.27. The lowest BCUT2D eigenvalue weighted by Crippen LogP contribution is -2.13. The van der Waals surface area contributed by atoms with Crippen LogP contribution in [-0.4, -0.2) is 25.5 Å². The van der Waals surface area contributed by atoms with E-state index in [1.165, 1.54) is 24.3 Å². The third-order valence-electron chi connectivity index (χ3n) is 4.90. The number of rotatable bonds is 7. The summed E-state index contributed by atoms with van der Waals surface area (Å²) in [4.78, 5) is 10.9. The summed E-state index contributed by atoms with van der Waals surface area (Å²) in [5.41, 5.74) is 1.19. The number of nitro benzene ring substituents is 1. The average Bonchev–Trinajstić information content (AvgIpc) is 3.49. The van der Waals surface area contributed by atoms with E-state index in [0.29, 0.717) is 27.9 Å². The van der Waals surface area contributed by atoms with Crippen molar-refractivity contribution in [3.8, 4) is 5.75 Å². The quantitative estimate of drug-likeness (QED) is 0.239. The standard InChI is InChI=1S/C23H15F2N5O4S/c24-21(25)22-26-27-23-29(22)28-20(14-4-2-1-3-5-14)19(35-23)12-17-10-11-18(34-17)13-33-16-8-6-15(7-9-16)30(31)32/h1-12,21H,13H2. The smallest absolute Gasteiger partial charge is 0.299 e. The van der Waals surface area contributed by atoms with Gasteiger partial charge in [-0.2, -0.15) is 9.78 Å². The van der Waals surface area contributed by atoms with Gasteiger partial charge in [0.25, 0.3) is 12.1 Å². The fourth-order valence-corrected chi connectivity index (χ4v) is 4.19. The summed E-state index contributed by atoms with van der Waals surface area (Å²) in [6.07, 6.45) is -1.07. The first-order chi connectivity index (χ1) is 17.0. The minimum absolute atomic E-state index is 0.0263. The van der Waals surface area contributed by atoms with Crippen molar-refractivity contribution in [1.82, 2.24) is 14.9 Å². The average molecular weight is 495 g/mol. The maximum Gasteiger partial charge on any atom is 0.299 e. The van der Waals surface area contributed by atoms with E-state index in [2.05, 4.69) is 15.3 Å². The van der Waals surface area contributed by atoms with Crippen molar-refractivity contribution in [2.45, 2.75) is 18.2 Å². The minimum Gasteiger partial charge on any atom is -0.486 e. The highest BCUT2D eigenvalue weighted by molar-refractivity contribution is 8.04. The SMILES string of the molecule is O=[N+]([O-])c1ccc(OCc2ccc(C=C3Sc4nnc(C(F)F)n4N=C3c3ccccc3)o2)cc1. The van der Waals surface area contributed by atoms with Crippen molar-refractivity contribution < 1.29 is 22.9 Å². The molecule has 0 unspecified atom stereocenters. The number of hydrogen-bond donors (Lipinski definition) is 0. The van der Waals surface area contributed by atoms with Crippen molar-refractivity contribution in [3.05, 3.63) is 105 Å². The van der Waals surface area contributed by atoms with Crippen LogP contribution in [0.15, 0.2) is 86.3 Å². The molecule has 9 nitrogen and oxygen atoms in total. The third-order valence-corrected chi connectivity index (χ3v) is 5.87. The summed E-state index contributed by atoms with van der Waals surface area (Å²) < 4.78 is 39.2. The monoisotopic (exact) mass is 495 g/mol. The lowest BCUT2D eigenvalue weighted by molar-refractivity contribution is -0.384. The zero-order valence-electron chi connectivity index (χ0n) is 17.7. The highest BCUT2D eigenvalue weighted by atomic mass is 32.2. The maximum atomic E-state index is 13.3. The largest absolute Gasteiger partial charge is 0.486 e. The van der Waals surface area contributed by atoms with Crippen LogP contribution in [0.1, 0.15) is 29.3 Å². The van der Waals surface area contributed by atoms with Crippen LogP contribution in [0.25, 0.3) is 6.08 Å². The van der Waals surface area contributed by atoms with Crippen molar-refractivity contribution in [2.24, 2.45) is 5.10 Å². The highest BCUT2D eigenvalue weighted by Crippen LogP contribution is 2.36. The molecular weight excluding hydrogens is 480 g/mol. The molecule has 4 aromatic rings. The number of halogens is 2. The van der Waals surface area contributed by atoms with E-state index in [4.69, 9.17) is 9.15 Å². The van der Waals surface area contributed by atoms with Gasteiger partial charge in [-0.1, -0.05) is 30.3 Å². The van der Waals surface area contributed by atoms with Crippen LogP contribution in [0.5, 0.6) is 5.75 Å². The Balaban J connectivity index is 1.39. The van der Waals surface area contributed by atoms with Crippen LogP contribution in [0.3, 0.4) is 0 Å². The predicted octanol–water partition coefficient (Wildman–Crippen LogP) is 5.70. The van der Waals surface area contributed by atoms with Gasteiger partial charge in [-0.25, -0.2) is 8.78 Å². The van der Waals surface area contributed by atoms with Crippen molar-refractivity contribution in [1.29, 1.82) is 0 Å². The molecule has 12 heteroatoms. The normalized spacial score (nSPS) is 14.1. The summed E-state index contributed by atoms with van der Waals surface area (Å²) in [5, 5.41) is 22.8. The van der Waals surface area contributed by atoms with Gasteiger partial charge in [0.15, 0.2) is 0 Å². The van der Waals surface area contributed by atoms with Gasteiger partial charge in [0, 0.05) is 22.6 Å². The molecule has 1 aliphatic heterocycles. The number of non-ortho nitro benzene ring substituents is 1.